The number of carbonyl (C=O) groups excluding carboxylic acids is 2. The Morgan fingerprint density at radius 1 is 0.418 bits per heavy atom. The minimum atomic E-state index is -0.853. The first kappa shape index (κ1) is 65.1. The molecule has 0 aromatic carbocycles. The number of nitrogens with one attached hydrogen (secondary N) is 1. The Bertz CT molecular complexity index is 1090. The number of amides is 1. The number of unbranched alkanes of at least 4 members (excludes halogenated alkanes) is 40. The first-order valence-corrected chi connectivity index (χ1v) is 29.8. The van der Waals surface area contributed by atoms with E-state index < -0.39 is 12.1 Å². The number of carbonyl (C=O) groups is 2. The molecular weight excluding hydrogens is 827 g/mol. The molecule has 0 spiro atoms. The van der Waals surface area contributed by atoms with Crippen molar-refractivity contribution in [1.29, 1.82) is 0 Å². The third-order valence-corrected chi connectivity index (χ3v) is 13.7. The van der Waals surface area contributed by atoms with Crippen molar-refractivity contribution in [2.24, 2.45) is 0 Å². The van der Waals surface area contributed by atoms with Crippen molar-refractivity contribution in [2.75, 3.05) is 13.2 Å². The number of hydrogen-bond acceptors (Lipinski definition) is 5. The fraction of sp³-hybridized carbons (Fsp3) is 0.869. The number of ether oxygens (including phenoxy) is 1. The summed E-state index contributed by atoms with van der Waals surface area (Å²) in [6, 6.07) is -0.637. The van der Waals surface area contributed by atoms with Gasteiger partial charge in [0, 0.05) is 12.8 Å². The molecule has 2 atom stereocenters. The predicted octanol–water partition coefficient (Wildman–Crippen LogP) is 18.4. The molecule has 0 saturated carbocycles. The Morgan fingerprint density at radius 2 is 0.746 bits per heavy atom. The molecule has 0 bridgehead atoms. The van der Waals surface area contributed by atoms with Crippen LogP contribution in [0.25, 0.3) is 0 Å². The maximum atomic E-state index is 12.5. The lowest BCUT2D eigenvalue weighted by Crippen LogP contribution is -2.45. The molecule has 0 aromatic rings. The predicted molar refractivity (Wildman–Crippen MR) is 292 cm³/mol. The van der Waals surface area contributed by atoms with Gasteiger partial charge in [0.25, 0.3) is 0 Å². The van der Waals surface area contributed by atoms with Crippen LogP contribution < -0.4 is 5.32 Å². The summed E-state index contributed by atoms with van der Waals surface area (Å²) < 4.78 is 5.48. The smallest absolute Gasteiger partial charge is 0.305 e. The standard InChI is InChI=1S/C61H115NO5/c1-3-5-7-9-11-13-15-17-19-21-23-25-29-33-37-41-45-49-53-59(64)58(57-63)62-60(65)54-50-46-42-38-34-30-27-28-32-36-40-44-48-52-56-67-61(66)55-51-47-43-39-35-31-26-24-22-20-18-16-14-12-10-8-6-4-2/h14,16,20,22,49,53,58-59,63-64H,3-13,15,17-19,21,23-48,50-52,54-57H2,1-2H3,(H,62,65)/b16-14-,22-20-,53-49+. The van der Waals surface area contributed by atoms with Gasteiger partial charge in [0.1, 0.15) is 0 Å². The van der Waals surface area contributed by atoms with Crippen LogP contribution in [0.15, 0.2) is 36.5 Å². The lowest BCUT2D eigenvalue weighted by molar-refractivity contribution is -0.143. The maximum absolute atomic E-state index is 12.5. The van der Waals surface area contributed by atoms with Crippen LogP contribution >= 0.6 is 0 Å². The minimum Gasteiger partial charge on any atom is -0.466 e. The Balaban J connectivity index is 3.47. The summed E-state index contributed by atoms with van der Waals surface area (Å²) in [4.78, 5) is 24.6. The van der Waals surface area contributed by atoms with Gasteiger partial charge in [-0.2, -0.15) is 0 Å². The van der Waals surface area contributed by atoms with Crippen LogP contribution in [0.4, 0.5) is 0 Å². The molecule has 0 fully saturated rings. The van der Waals surface area contributed by atoms with E-state index in [1.54, 1.807) is 6.08 Å². The van der Waals surface area contributed by atoms with Gasteiger partial charge in [-0.3, -0.25) is 9.59 Å². The Hall–Kier alpha value is -1.92. The van der Waals surface area contributed by atoms with E-state index in [-0.39, 0.29) is 18.5 Å². The lowest BCUT2D eigenvalue weighted by Gasteiger charge is -2.20. The normalized spacial score (nSPS) is 12.8. The molecule has 2 unspecified atom stereocenters. The molecule has 0 radical (unpaired) electrons. The van der Waals surface area contributed by atoms with Crippen LogP contribution in [0, 0.1) is 0 Å². The highest BCUT2D eigenvalue weighted by Gasteiger charge is 2.18. The van der Waals surface area contributed by atoms with Gasteiger partial charge in [-0.25, -0.2) is 0 Å². The summed E-state index contributed by atoms with van der Waals surface area (Å²) >= 11 is 0. The van der Waals surface area contributed by atoms with E-state index in [2.05, 4.69) is 43.5 Å². The van der Waals surface area contributed by atoms with E-state index in [1.807, 2.05) is 6.08 Å². The zero-order valence-corrected chi connectivity index (χ0v) is 44.9. The zero-order chi connectivity index (χ0) is 48.6. The van der Waals surface area contributed by atoms with Crippen LogP contribution in [-0.2, 0) is 14.3 Å². The molecule has 394 valence electrons. The Labute approximate surface area is 417 Å². The summed E-state index contributed by atoms with van der Waals surface area (Å²) in [7, 11) is 0. The van der Waals surface area contributed by atoms with Crippen molar-refractivity contribution in [3.8, 4) is 0 Å². The maximum Gasteiger partial charge on any atom is 0.305 e. The summed E-state index contributed by atoms with van der Waals surface area (Å²) in [5, 5.41) is 23.2. The van der Waals surface area contributed by atoms with E-state index in [0.29, 0.717) is 19.4 Å². The van der Waals surface area contributed by atoms with E-state index in [0.717, 1.165) is 64.2 Å². The molecule has 0 aromatic heterocycles. The van der Waals surface area contributed by atoms with Crippen molar-refractivity contribution < 1.29 is 24.5 Å². The van der Waals surface area contributed by atoms with Crippen molar-refractivity contribution in [3.63, 3.8) is 0 Å². The molecule has 3 N–H and O–H groups in total. The minimum absolute atomic E-state index is 0.0106. The number of aliphatic hydroxyl groups is 2. The van der Waals surface area contributed by atoms with Crippen molar-refractivity contribution in [2.45, 2.75) is 328 Å². The van der Waals surface area contributed by atoms with Gasteiger partial charge in [-0.05, 0) is 64.2 Å². The van der Waals surface area contributed by atoms with Crippen LogP contribution in [0.1, 0.15) is 316 Å². The third-order valence-electron chi connectivity index (χ3n) is 13.7. The topological polar surface area (TPSA) is 95.9 Å². The van der Waals surface area contributed by atoms with Gasteiger partial charge in [-0.15, -0.1) is 0 Å². The molecule has 0 aliphatic rings. The van der Waals surface area contributed by atoms with Crippen LogP contribution in [0.5, 0.6) is 0 Å². The number of allylic oxidation sites excluding steroid dienone is 5. The van der Waals surface area contributed by atoms with E-state index in [1.165, 1.54) is 225 Å². The number of hydrogen-bond donors (Lipinski definition) is 3. The van der Waals surface area contributed by atoms with Crippen LogP contribution in [0.2, 0.25) is 0 Å². The number of rotatable bonds is 55. The largest absolute Gasteiger partial charge is 0.466 e. The molecule has 1 amide bonds. The molecule has 0 saturated heterocycles. The average molecular weight is 943 g/mol. The highest BCUT2D eigenvalue weighted by Crippen LogP contribution is 2.17. The molecule has 0 aliphatic carbocycles. The molecule has 67 heavy (non-hydrogen) atoms. The number of aliphatic hydroxyl groups excluding tert-OH is 2. The first-order chi connectivity index (χ1) is 33.0. The molecule has 0 heterocycles. The summed E-state index contributed by atoms with van der Waals surface area (Å²) in [6.07, 6.45) is 70.2. The van der Waals surface area contributed by atoms with Gasteiger partial charge < -0.3 is 20.3 Å². The summed E-state index contributed by atoms with van der Waals surface area (Å²) in [6.45, 7) is 4.88. The van der Waals surface area contributed by atoms with Crippen molar-refractivity contribution in [3.05, 3.63) is 36.5 Å². The fourth-order valence-corrected chi connectivity index (χ4v) is 9.08. The average Bonchev–Trinajstić information content (AvgIpc) is 3.33. The Kier molecular flexibility index (Phi) is 55.0. The van der Waals surface area contributed by atoms with E-state index in [9.17, 15) is 19.8 Å². The lowest BCUT2D eigenvalue weighted by atomic mass is 10.0. The van der Waals surface area contributed by atoms with E-state index >= 15 is 0 Å². The number of esters is 1. The van der Waals surface area contributed by atoms with Gasteiger partial charge in [0.05, 0.1) is 25.4 Å². The molecule has 0 aliphatic heterocycles. The zero-order valence-electron chi connectivity index (χ0n) is 44.9. The van der Waals surface area contributed by atoms with Crippen LogP contribution in [-0.4, -0.2) is 47.4 Å². The van der Waals surface area contributed by atoms with Gasteiger partial charge in [0.15, 0.2) is 0 Å². The second-order valence-electron chi connectivity index (χ2n) is 20.3. The van der Waals surface area contributed by atoms with Gasteiger partial charge in [0.2, 0.25) is 5.91 Å². The molecule has 0 rings (SSSR count). The van der Waals surface area contributed by atoms with Crippen molar-refractivity contribution >= 4 is 11.9 Å². The fourth-order valence-electron chi connectivity index (χ4n) is 9.08. The highest BCUT2D eigenvalue weighted by atomic mass is 16.5. The SMILES string of the molecule is CCCCCC/C=C\C/C=C\CCCCCCCCCC(=O)OCCCCCCCCCCCCCCCCC(=O)NC(CO)C(O)/C=C/CCCCCCCCCCCCCCCCCC. The quantitative estimate of drug-likeness (QED) is 0.0321. The third kappa shape index (κ3) is 53.3. The second-order valence-corrected chi connectivity index (χ2v) is 20.3. The van der Waals surface area contributed by atoms with Crippen LogP contribution in [0.3, 0.4) is 0 Å². The molecular formula is C61H115NO5. The molecule has 6 nitrogen and oxygen atoms in total. The van der Waals surface area contributed by atoms with E-state index in [4.69, 9.17) is 4.74 Å². The first-order valence-electron chi connectivity index (χ1n) is 29.8. The summed E-state index contributed by atoms with van der Waals surface area (Å²) in [5.41, 5.74) is 0. The molecule has 6 heteroatoms. The highest BCUT2D eigenvalue weighted by molar-refractivity contribution is 5.76. The second kappa shape index (κ2) is 56.7. The monoisotopic (exact) mass is 942 g/mol. The van der Waals surface area contributed by atoms with Gasteiger partial charge in [-0.1, -0.05) is 275 Å². The summed E-state index contributed by atoms with van der Waals surface area (Å²) in [5.74, 6) is -0.0878. The van der Waals surface area contributed by atoms with Gasteiger partial charge >= 0.3 is 5.97 Å². The Morgan fingerprint density at radius 3 is 1.15 bits per heavy atom. The van der Waals surface area contributed by atoms with Crippen molar-refractivity contribution in [1.82, 2.24) is 5.32 Å².